The molecule has 0 bridgehead atoms. The third-order valence-electron chi connectivity index (χ3n) is 2.60. The Bertz CT molecular complexity index is 426. The molecule has 1 heterocycles. The molecular weight excluding hydrogens is 188 g/mol. The number of rotatable bonds is 3. The highest BCUT2D eigenvalue weighted by atomic mass is 32.1. The zero-order chi connectivity index (χ0) is 9.97. The molecule has 74 valence electrons. The maximum atomic E-state index is 2.26. The first kappa shape index (κ1) is 9.72. The Morgan fingerprint density at radius 2 is 1.93 bits per heavy atom. The number of aryl methyl sites for hydroxylation is 2. The van der Waals surface area contributed by atoms with E-state index < -0.39 is 0 Å². The number of hydrogen-bond donors (Lipinski definition) is 0. The molecule has 0 nitrogen and oxygen atoms in total. The first-order valence-electron chi connectivity index (χ1n) is 5.36. The Labute approximate surface area is 89.6 Å². The summed E-state index contributed by atoms with van der Waals surface area (Å²) in [5.74, 6) is 0. The van der Waals surface area contributed by atoms with Crippen molar-refractivity contribution in [2.75, 3.05) is 0 Å². The predicted molar refractivity (Wildman–Crippen MR) is 65.2 cm³/mol. The van der Waals surface area contributed by atoms with Crippen LogP contribution in [0.15, 0.2) is 24.3 Å². The van der Waals surface area contributed by atoms with Gasteiger partial charge >= 0.3 is 0 Å². The minimum absolute atomic E-state index is 1.18. The summed E-state index contributed by atoms with van der Waals surface area (Å²) in [5, 5.41) is 1.48. The summed E-state index contributed by atoms with van der Waals surface area (Å²) in [7, 11) is 0. The van der Waals surface area contributed by atoms with Crippen molar-refractivity contribution >= 4 is 21.4 Å². The zero-order valence-electron chi connectivity index (χ0n) is 8.84. The quantitative estimate of drug-likeness (QED) is 0.694. The second kappa shape index (κ2) is 4.14. The summed E-state index contributed by atoms with van der Waals surface area (Å²) in [6.07, 6.45) is 3.65. The minimum atomic E-state index is 1.18. The van der Waals surface area contributed by atoms with E-state index in [0.717, 1.165) is 0 Å². The molecule has 0 aliphatic heterocycles. The molecule has 0 atom stereocenters. The SMILES string of the molecule is CCCc1c(CC)sc2ccccc12. The fourth-order valence-electron chi connectivity index (χ4n) is 1.96. The molecule has 0 radical (unpaired) electrons. The van der Waals surface area contributed by atoms with Crippen molar-refractivity contribution in [3.63, 3.8) is 0 Å². The van der Waals surface area contributed by atoms with E-state index in [1.807, 2.05) is 11.3 Å². The molecule has 2 rings (SSSR count). The Hall–Kier alpha value is -0.820. The minimum Gasteiger partial charge on any atom is -0.140 e. The molecule has 0 unspecified atom stereocenters. The van der Waals surface area contributed by atoms with E-state index in [-0.39, 0.29) is 0 Å². The molecule has 0 saturated carbocycles. The van der Waals surface area contributed by atoms with E-state index in [1.165, 1.54) is 29.3 Å². The summed E-state index contributed by atoms with van der Waals surface area (Å²) in [6.45, 7) is 4.51. The third-order valence-corrected chi connectivity index (χ3v) is 3.96. The second-order valence-corrected chi connectivity index (χ2v) is 4.74. The largest absolute Gasteiger partial charge is 0.140 e. The zero-order valence-corrected chi connectivity index (χ0v) is 9.66. The number of benzene rings is 1. The lowest BCUT2D eigenvalue weighted by atomic mass is 10.1. The molecule has 2 aromatic rings. The van der Waals surface area contributed by atoms with E-state index in [9.17, 15) is 0 Å². The fraction of sp³-hybridized carbons (Fsp3) is 0.385. The van der Waals surface area contributed by atoms with Gasteiger partial charge in [-0.2, -0.15) is 0 Å². The van der Waals surface area contributed by atoms with E-state index >= 15 is 0 Å². The molecule has 1 aromatic heterocycles. The van der Waals surface area contributed by atoms with Crippen molar-refractivity contribution in [3.05, 3.63) is 34.7 Å². The highest BCUT2D eigenvalue weighted by Gasteiger charge is 2.08. The first-order chi connectivity index (χ1) is 6.86. The molecule has 0 spiro atoms. The van der Waals surface area contributed by atoms with Gasteiger partial charge < -0.3 is 0 Å². The molecule has 0 N–H and O–H groups in total. The lowest BCUT2D eigenvalue weighted by molar-refractivity contribution is 0.917. The molecule has 14 heavy (non-hydrogen) atoms. The van der Waals surface area contributed by atoms with Crippen LogP contribution in [-0.4, -0.2) is 0 Å². The molecule has 1 heteroatoms. The van der Waals surface area contributed by atoms with Gasteiger partial charge in [-0.1, -0.05) is 38.5 Å². The Morgan fingerprint density at radius 1 is 1.14 bits per heavy atom. The van der Waals surface area contributed by atoms with Crippen LogP contribution in [-0.2, 0) is 12.8 Å². The fourth-order valence-corrected chi connectivity index (χ4v) is 3.15. The van der Waals surface area contributed by atoms with Gasteiger partial charge in [0.2, 0.25) is 0 Å². The Kier molecular flexibility index (Phi) is 2.87. The van der Waals surface area contributed by atoms with Crippen LogP contribution in [0.3, 0.4) is 0 Å². The summed E-state index contributed by atoms with van der Waals surface area (Å²) >= 11 is 1.96. The van der Waals surface area contributed by atoms with Crippen molar-refractivity contribution in [2.45, 2.75) is 33.1 Å². The van der Waals surface area contributed by atoms with Gasteiger partial charge in [0.15, 0.2) is 0 Å². The summed E-state index contributed by atoms with van der Waals surface area (Å²) < 4.78 is 1.45. The highest BCUT2D eigenvalue weighted by Crippen LogP contribution is 2.32. The van der Waals surface area contributed by atoms with Crippen molar-refractivity contribution in [2.24, 2.45) is 0 Å². The Morgan fingerprint density at radius 3 is 2.64 bits per heavy atom. The van der Waals surface area contributed by atoms with Gasteiger partial charge in [-0.25, -0.2) is 0 Å². The van der Waals surface area contributed by atoms with Crippen LogP contribution in [0.5, 0.6) is 0 Å². The molecular formula is C13H16S. The molecule has 0 amide bonds. The van der Waals surface area contributed by atoms with Crippen LogP contribution in [0.4, 0.5) is 0 Å². The average Bonchev–Trinajstić information content (AvgIpc) is 2.58. The summed E-state index contributed by atoms with van der Waals surface area (Å²) in [5.41, 5.74) is 1.59. The van der Waals surface area contributed by atoms with Crippen molar-refractivity contribution in [3.8, 4) is 0 Å². The molecule has 0 saturated heterocycles. The van der Waals surface area contributed by atoms with Gasteiger partial charge in [-0.05, 0) is 29.9 Å². The summed E-state index contributed by atoms with van der Waals surface area (Å²) in [6, 6.07) is 8.77. The highest BCUT2D eigenvalue weighted by molar-refractivity contribution is 7.19. The van der Waals surface area contributed by atoms with Crippen LogP contribution in [0.2, 0.25) is 0 Å². The lowest BCUT2D eigenvalue weighted by Gasteiger charge is -1.99. The average molecular weight is 204 g/mol. The van der Waals surface area contributed by atoms with Crippen molar-refractivity contribution in [1.82, 2.24) is 0 Å². The smallest absolute Gasteiger partial charge is 0.0348 e. The van der Waals surface area contributed by atoms with Gasteiger partial charge in [0.1, 0.15) is 0 Å². The second-order valence-electron chi connectivity index (χ2n) is 3.60. The van der Waals surface area contributed by atoms with Crippen LogP contribution < -0.4 is 0 Å². The number of fused-ring (bicyclic) bond motifs is 1. The Balaban J connectivity index is 2.61. The molecule has 0 fully saturated rings. The van der Waals surface area contributed by atoms with E-state index in [2.05, 4.69) is 38.1 Å². The third kappa shape index (κ3) is 1.57. The molecule has 0 aliphatic carbocycles. The van der Waals surface area contributed by atoms with Crippen molar-refractivity contribution in [1.29, 1.82) is 0 Å². The normalized spacial score (nSPS) is 11.0. The molecule has 0 aliphatic rings. The van der Waals surface area contributed by atoms with Gasteiger partial charge in [0.05, 0.1) is 0 Å². The number of thiophene rings is 1. The van der Waals surface area contributed by atoms with E-state index in [0.29, 0.717) is 0 Å². The van der Waals surface area contributed by atoms with Gasteiger partial charge in [0.25, 0.3) is 0 Å². The van der Waals surface area contributed by atoms with Crippen LogP contribution >= 0.6 is 11.3 Å². The monoisotopic (exact) mass is 204 g/mol. The lowest BCUT2D eigenvalue weighted by Crippen LogP contribution is -1.85. The maximum absolute atomic E-state index is 2.26. The molecule has 1 aromatic carbocycles. The number of hydrogen-bond acceptors (Lipinski definition) is 1. The predicted octanol–water partition coefficient (Wildman–Crippen LogP) is 4.42. The summed E-state index contributed by atoms with van der Waals surface area (Å²) in [4.78, 5) is 1.58. The first-order valence-corrected chi connectivity index (χ1v) is 6.17. The van der Waals surface area contributed by atoms with Crippen molar-refractivity contribution < 1.29 is 0 Å². The van der Waals surface area contributed by atoms with E-state index in [4.69, 9.17) is 0 Å². The van der Waals surface area contributed by atoms with Crippen LogP contribution in [0.25, 0.3) is 10.1 Å². The standard InChI is InChI=1S/C13H16S/c1-3-7-10-11-8-5-6-9-13(11)14-12(10)4-2/h5-6,8-9H,3-4,7H2,1-2H3. The van der Waals surface area contributed by atoms with Gasteiger partial charge in [0, 0.05) is 9.58 Å². The van der Waals surface area contributed by atoms with Crippen LogP contribution in [0, 0.1) is 0 Å². The van der Waals surface area contributed by atoms with Gasteiger partial charge in [-0.3, -0.25) is 0 Å². The van der Waals surface area contributed by atoms with Crippen LogP contribution in [0.1, 0.15) is 30.7 Å². The topological polar surface area (TPSA) is 0 Å². The van der Waals surface area contributed by atoms with Gasteiger partial charge in [-0.15, -0.1) is 11.3 Å². The maximum Gasteiger partial charge on any atom is 0.0348 e. The van der Waals surface area contributed by atoms with E-state index in [1.54, 1.807) is 10.4 Å².